The lowest BCUT2D eigenvalue weighted by Gasteiger charge is -2.28. The summed E-state index contributed by atoms with van der Waals surface area (Å²) < 4.78 is 37.8. The maximum Gasteiger partial charge on any atom is 0.434 e. The van der Waals surface area contributed by atoms with Crippen LogP contribution >= 0.6 is 11.3 Å². The molecule has 1 aliphatic rings. The molecule has 146 valence electrons. The maximum atomic E-state index is 12.6. The number of aliphatic imine (C=N–C) groups is 1. The highest BCUT2D eigenvalue weighted by Crippen LogP contribution is 2.29. The lowest BCUT2D eigenvalue weighted by atomic mass is 10.00. The molecule has 0 radical (unpaired) electrons. The van der Waals surface area contributed by atoms with Gasteiger partial charge in [-0.15, -0.1) is 11.3 Å². The minimum absolute atomic E-state index is 0.206. The molecule has 9 heteroatoms. The van der Waals surface area contributed by atoms with E-state index in [1.54, 1.807) is 7.05 Å². The molecule has 27 heavy (non-hydrogen) atoms. The number of rotatable bonds is 5. The van der Waals surface area contributed by atoms with Gasteiger partial charge in [0.15, 0.2) is 11.7 Å². The molecule has 0 aliphatic carbocycles. The Bertz CT molecular complexity index is 787. The van der Waals surface area contributed by atoms with Gasteiger partial charge in [-0.25, -0.2) is 4.98 Å². The number of aromatic nitrogens is 1. The Hall–Kier alpha value is -2.13. The Balaban J connectivity index is 1.42. The predicted octanol–water partition coefficient (Wildman–Crippen LogP) is 2.89. The second-order valence-electron chi connectivity index (χ2n) is 6.27. The van der Waals surface area contributed by atoms with Crippen molar-refractivity contribution < 1.29 is 13.2 Å². The van der Waals surface area contributed by atoms with Crippen molar-refractivity contribution in [2.45, 2.75) is 25.7 Å². The molecule has 0 saturated carbocycles. The van der Waals surface area contributed by atoms with Crippen molar-refractivity contribution in [1.29, 1.82) is 0 Å². The van der Waals surface area contributed by atoms with Gasteiger partial charge < -0.3 is 10.6 Å². The number of nitrogens with one attached hydrogen (secondary N) is 2. The van der Waals surface area contributed by atoms with Gasteiger partial charge in [-0.2, -0.15) is 13.2 Å². The third kappa shape index (κ3) is 5.43. The Morgan fingerprint density at radius 1 is 1.26 bits per heavy atom. The maximum absolute atomic E-state index is 12.6. The predicted molar refractivity (Wildman–Crippen MR) is 101 cm³/mol. The highest BCUT2D eigenvalue weighted by Gasteiger charge is 2.33. The molecular weight excluding hydrogens is 375 g/mol. The average Bonchev–Trinajstić information content (AvgIpc) is 3.14. The van der Waals surface area contributed by atoms with Crippen LogP contribution in [-0.2, 0) is 25.7 Å². The fraction of sp³-hybridized carbons (Fsp3) is 0.444. The first kappa shape index (κ1) is 19.6. The number of hydrogen-bond acceptors (Lipinski definition) is 4. The van der Waals surface area contributed by atoms with E-state index in [4.69, 9.17) is 0 Å². The van der Waals surface area contributed by atoms with Gasteiger partial charge in [0.25, 0.3) is 0 Å². The standard InChI is InChI=1S/C18H22F3N5S/c1-22-17(24-10-16-25-15(12-27-16)18(19,20)21)23-7-9-26-8-6-13-4-2-3-5-14(13)11-26/h2-5,12H,6-11H2,1H3,(H2,22,23,24). The van der Waals surface area contributed by atoms with Crippen LogP contribution in [0.5, 0.6) is 0 Å². The molecule has 2 heterocycles. The fourth-order valence-corrected chi connectivity index (χ4v) is 3.72. The lowest BCUT2D eigenvalue weighted by Crippen LogP contribution is -2.42. The molecule has 0 unspecified atom stereocenters. The first-order chi connectivity index (χ1) is 13.0. The normalized spacial score (nSPS) is 15.5. The molecule has 2 aromatic rings. The second-order valence-corrected chi connectivity index (χ2v) is 7.21. The summed E-state index contributed by atoms with van der Waals surface area (Å²) in [6.45, 7) is 3.73. The molecule has 2 N–H and O–H groups in total. The zero-order valence-electron chi connectivity index (χ0n) is 15.0. The Kier molecular flexibility index (Phi) is 6.33. The number of hydrogen-bond donors (Lipinski definition) is 2. The lowest BCUT2D eigenvalue weighted by molar-refractivity contribution is -0.140. The van der Waals surface area contributed by atoms with Crippen LogP contribution in [0.2, 0.25) is 0 Å². The first-order valence-electron chi connectivity index (χ1n) is 8.71. The van der Waals surface area contributed by atoms with Gasteiger partial charge >= 0.3 is 6.18 Å². The van der Waals surface area contributed by atoms with Crippen molar-refractivity contribution in [2.24, 2.45) is 4.99 Å². The third-order valence-corrected chi connectivity index (χ3v) is 5.25. The van der Waals surface area contributed by atoms with Crippen molar-refractivity contribution in [1.82, 2.24) is 20.5 Å². The van der Waals surface area contributed by atoms with E-state index in [1.165, 1.54) is 11.1 Å². The van der Waals surface area contributed by atoms with Crippen molar-refractivity contribution in [3.05, 3.63) is 51.5 Å². The molecular formula is C18H22F3N5S. The van der Waals surface area contributed by atoms with Gasteiger partial charge in [0.2, 0.25) is 0 Å². The summed E-state index contributed by atoms with van der Waals surface area (Å²) in [5, 5.41) is 7.61. The van der Waals surface area contributed by atoms with Gasteiger partial charge in [0.1, 0.15) is 5.01 Å². The molecule has 0 atom stereocenters. The van der Waals surface area contributed by atoms with Crippen molar-refractivity contribution in [3.8, 4) is 0 Å². The number of guanidine groups is 1. The van der Waals surface area contributed by atoms with E-state index < -0.39 is 11.9 Å². The van der Waals surface area contributed by atoms with E-state index in [2.05, 4.69) is 49.8 Å². The molecule has 3 rings (SSSR count). The molecule has 1 aliphatic heterocycles. The van der Waals surface area contributed by atoms with Gasteiger partial charge in [-0.05, 0) is 17.5 Å². The number of alkyl halides is 3. The molecule has 0 bridgehead atoms. The molecule has 1 aromatic carbocycles. The van der Waals surface area contributed by atoms with Crippen molar-refractivity contribution >= 4 is 17.3 Å². The van der Waals surface area contributed by atoms with Gasteiger partial charge in [0, 0.05) is 38.6 Å². The van der Waals surface area contributed by atoms with Crippen LogP contribution in [0, 0.1) is 0 Å². The summed E-state index contributed by atoms with van der Waals surface area (Å²) in [7, 11) is 1.63. The summed E-state index contributed by atoms with van der Waals surface area (Å²) in [6.07, 6.45) is -3.35. The van der Waals surface area contributed by atoms with Crippen molar-refractivity contribution in [3.63, 3.8) is 0 Å². The monoisotopic (exact) mass is 397 g/mol. The molecule has 0 saturated heterocycles. The Labute approximate surface area is 160 Å². The summed E-state index contributed by atoms with van der Waals surface area (Å²) in [5.41, 5.74) is 1.94. The zero-order chi connectivity index (χ0) is 19.3. The van der Waals surface area contributed by atoms with Crippen LogP contribution in [0.4, 0.5) is 13.2 Å². The topological polar surface area (TPSA) is 52.6 Å². The van der Waals surface area contributed by atoms with E-state index in [0.29, 0.717) is 17.5 Å². The zero-order valence-corrected chi connectivity index (χ0v) is 15.8. The number of thiazole rings is 1. The van der Waals surface area contributed by atoms with E-state index in [1.807, 2.05) is 0 Å². The first-order valence-corrected chi connectivity index (χ1v) is 9.59. The summed E-state index contributed by atoms with van der Waals surface area (Å²) in [4.78, 5) is 10.1. The SMILES string of the molecule is CN=C(NCCN1CCc2ccccc2C1)NCc1nc(C(F)(F)F)cs1. The molecule has 0 fully saturated rings. The van der Waals surface area contributed by atoms with Gasteiger partial charge in [-0.1, -0.05) is 24.3 Å². The quantitative estimate of drug-likeness (QED) is 0.602. The van der Waals surface area contributed by atoms with Crippen LogP contribution in [0.3, 0.4) is 0 Å². The van der Waals surface area contributed by atoms with Crippen LogP contribution < -0.4 is 10.6 Å². The molecule has 5 nitrogen and oxygen atoms in total. The molecule has 0 spiro atoms. The minimum Gasteiger partial charge on any atom is -0.355 e. The Morgan fingerprint density at radius 3 is 2.74 bits per heavy atom. The summed E-state index contributed by atoms with van der Waals surface area (Å²) in [6, 6.07) is 8.49. The van der Waals surface area contributed by atoms with Crippen LogP contribution in [0.1, 0.15) is 21.8 Å². The Morgan fingerprint density at radius 2 is 2.04 bits per heavy atom. The van der Waals surface area contributed by atoms with E-state index in [0.717, 1.165) is 42.8 Å². The van der Waals surface area contributed by atoms with Gasteiger partial charge in [-0.3, -0.25) is 9.89 Å². The highest BCUT2D eigenvalue weighted by molar-refractivity contribution is 7.09. The minimum atomic E-state index is -4.40. The van der Waals surface area contributed by atoms with Crippen LogP contribution in [0.25, 0.3) is 0 Å². The summed E-state index contributed by atoms with van der Waals surface area (Å²) in [5.74, 6) is 0.552. The number of nitrogens with zero attached hydrogens (tertiary/aromatic N) is 3. The van der Waals surface area contributed by atoms with E-state index in [-0.39, 0.29) is 6.54 Å². The summed E-state index contributed by atoms with van der Waals surface area (Å²) >= 11 is 0.984. The van der Waals surface area contributed by atoms with Crippen LogP contribution in [-0.4, -0.2) is 42.5 Å². The molecule has 1 aromatic heterocycles. The van der Waals surface area contributed by atoms with Crippen LogP contribution in [0.15, 0.2) is 34.6 Å². The molecule has 0 amide bonds. The van der Waals surface area contributed by atoms with Gasteiger partial charge in [0.05, 0.1) is 6.54 Å². The fourth-order valence-electron chi connectivity index (χ4n) is 2.98. The largest absolute Gasteiger partial charge is 0.434 e. The number of fused-ring (bicyclic) bond motifs is 1. The third-order valence-electron chi connectivity index (χ3n) is 4.40. The smallest absolute Gasteiger partial charge is 0.355 e. The second kappa shape index (κ2) is 8.71. The highest BCUT2D eigenvalue weighted by atomic mass is 32.1. The van der Waals surface area contributed by atoms with E-state index >= 15 is 0 Å². The average molecular weight is 397 g/mol. The number of benzene rings is 1. The van der Waals surface area contributed by atoms with E-state index in [9.17, 15) is 13.2 Å². The van der Waals surface area contributed by atoms with Crippen molar-refractivity contribution in [2.75, 3.05) is 26.7 Å². The number of halogens is 3.